The number of carbonyl (C=O) groups excluding carboxylic acids is 4. The number of rotatable bonds is 7. The molecule has 0 saturated heterocycles. The number of aryl methyl sites for hydroxylation is 1. The maximum absolute atomic E-state index is 12.5. The van der Waals surface area contributed by atoms with Crippen molar-refractivity contribution in [2.75, 3.05) is 6.54 Å². The summed E-state index contributed by atoms with van der Waals surface area (Å²) in [6.45, 7) is 2.06. The minimum absolute atomic E-state index is 0.0879. The van der Waals surface area contributed by atoms with Crippen LogP contribution in [0.2, 0.25) is 5.02 Å². The molecule has 9 heteroatoms. The molecular formula is C26H22ClN3O5. The van der Waals surface area contributed by atoms with Crippen molar-refractivity contribution < 1.29 is 23.9 Å². The Hall–Kier alpha value is -4.17. The van der Waals surface area contributed by atoms with Gasteiger partial charge >= 0.3 is 0 Å². The molecule has 2 N–H and O–H groups in total. The molecule has 1 aliphatic rings. The summed E-state index contributed by atoms with van der Waals surface area (Å²) in [5.74, 6) is -1.21. The van der Waals surface area contributed by atoms with Crippen molar-refractivity contribution in [3.8, 4) is 5.75 Å². The molecular weight excluding hydrogens is 470 g/mol. The first-order valence-electron chi connectivity index (χ1n) is 10.8. The normalized spacial score (nSPS) is 12.3. The summed E-state index contributed by atoms with van der Waals surface area (Å²) in [6.07, 6.45) is -0.147. The highest BCUT2D eigenvalue weighted by atomic mass is 35.5. The largest absolute Gasteiger partial charge is 0.489 e. The molecule has 0 radical (unpaired) electrons. The summed E-state index contributed by atoms with van der Waals surface area (Å²) in [5, 5.41) is 0.624. The Morgan fingerprint density at radius 2 is 1.57 bits per heavy atom. The number of ether oxygens (including phenoxy) is 1. The molecule has 0 aromatic heterocycles. The summed E-state index contributed by atoms with van der Waals surface area (Å²) >= 11 is 5.85. The van der Waals surface area contributed by atoms with Gasteiger partial charge in [0.1, 0.15) is 12.4 Å². The second-order valence-electron chi connectivity index (χ2n) is 8.00. The van der Waals surface area contributed by atoms with Gasteiger partial charge in [0.25, 0.3) is 17.7 Å². The first kappa shape index (κ1) is 24.0. The number of halogens is 1. The minimum Gasteiger partial charge on any atom is -0.489 e. The number of hydrogen-bond acceptors (Lipinski definition) is 5. The zero-order chi connectivity index (χ0) is 24.9. The van der Waals surface area contributed by atoms with Crippen LogP contribution in [0.15, 0.2) is 66.7 Å². The van der Waals surface area contributed by atoms with E-state index in [2.05, 4.69) is 10.9 Å². The van der Waals surface area contributed by atoms with E-state index < -0.39 is 23.6 Å². The topological polar surface area (TPSA) is 105 Å². The molecule has 4 amide bonds. The highest BCUT2D eigenvalue weighted by Crippen LogP contribution is 2.24. The smallest absolute Gasteiger partial charge is 0.269 e. The van der Waals surface area contributed by atoms with Crippen LogP contribution < -0.4 is 15.6 Å². The van der Waals surface area contributed by atoms with E-state index in [9.17, 15) is 19.2 Å². The van der Waals surface area contributed by atoms with Crippen molar-refractivity contribution in [3.63, 3.8) is 0 Å². The maximum Gasteiger partial charge on any atom is 0.269 e. The average molecular weight is 492 g/mol. The second-order valence-corrected chi connectivity index (χ2v) is 8.44. The number of amides is 4. The minimum atomic E-state index is -0.529. The SMILES string of the molecule is Cc1ccc2c(c1)C(=O)N(CCC(=O)NNC(=O)c1ccc(COc3ccc(Cl)cc3)cc1)C2=O. The number of hydrazine groups is 1. The number of benzene rings is 3. The van der Waals surface area contributed by atoms with Gasteiger partial charge in [0.05, 0.1) is 11.1 Å². The molecule has 3 aromatic carbocycles. The van der Waals surface area contributed by atoms with Crippen LogP contribution >= 0.6 is 11.6 Å². The van der Waals surface area contributed by atoms with Crippen molar-refractivity contribution in [2.45, 2.75) is 20.0 Å². The van der Waals surface area contributed by atoms with Crippen LogP contribution in [0.3, 0.4) is 0 Å². The van der Waals surface area contributed by atoms with E-state index in [-0.39, 0.29) is 13.0 Å². The zero-order valence-corrected chi connectivity index (χ0v) is 19.6. The number of nitrogens with zero attached hydrogens (tertiary/aromatic N) is 1. The Morgan fingerprint density at radius 1 is 0.886 bits per heavy atom. The monoisotopic (exact) mass is 491 g/mol. The fourth-order valence-corrected chi connectivity index (χ4v) is 3.66. The Bertz CT molecular complexity index is 1290. The van der Waals surface area contributed by atoms with Crippen molar-refractivity contribution in [3.05, 3.63) is 99.6 Å². The fraction of sp³-hybridized carbons (Fsp3) is 0.154. The van der Waals surface area contributed by atoms with Gasteiger partial charge in [0, 0.05) is 23.6 Å². The summed E-state index contributed by atoms with van der Waals surface area (Å²) in [6, 6.07) is 18.8. The van der Waals surface area contributed by atoms with Crippen molar-refractivity contribution in [1.29, 1.82) is 0 Å². The van der Waals surface area contributed by atoms with Gasteiger partial charge in [-0.15, -0.1) is 0 Å². The highest BCUT2D eigenvalue weighted by molar-refractivity contribution is 6.30. The molecule has 0 spiro atoms. The van der Waals surface area contributed by atoms with Crippen molar-refractivity contribution in [2.24, 2.45) is 0 Å². The number of nitrogens with one attached hydrogen (secondary N) is 2. The summed E-state index contributed by atoms with van der Waals surface area (Å²) < 4.78 is 5.67. The molecule has 8 nitrogen and oxygen atoms in total. The average Bonchev–Trinajstić information content (AvgIpc) is 3.09. The first-order chi connectivity index (χ1) is 16.8. The number of carbonyl (C=O) groups is 4. The third-order valence-electron chi connectivity index (χ3n) is 5.44. The van der Waals surface area contributed by atoms with Gasteiger partial charge in [-0.1, -0.05) is 35.4 Å². The van der Waals surface area contributed by atoms with Gasteiger partial charge in [0.2, 0.25) is 5.91 Å². The van der Waals surface area contributed by atoms with E-state index in [0.29, 0.717) is 34.1 Å². The predicted octanol–water partition coefficient (Wildman–Crippen LogP) is 3.67. The molecule has 178 valence electrons. The van der Waals surface area contributed by atoms with Crippen LogP contribution in [0.5, 0.6) is 5.75 Å². The van der Waals surface area contributed by atoms with Crippen LogP contribution in [0.4, 0.5) is 0 Å². The molecule has 3 aromatic rings. The molecule has 1 aliphatic heterocycles. The van der Waals surface area contributed by atoms with Gasteiger partial charge in [-0.3, -0.25) is 34.9 Å². The van der Waals surface area contributed by atoms with Gasteiger partial charge in [0.15, 0.2) is 0 Å². The molecule has 35 heavy (non-hydrogen) atoms. The molecule has 0 atom stereocenters. The number of hydrogen-bond donors (Lipinski definition) is 2. The van der Waals surface area contributed by atoms with E-state index in [4.69, 9.17) is 16.3 Å². The van der Waals surface area contributed by atoms with E-state index in [1.165, 1.54) is 0 Å². The van der Waals surface area contributed by atoms with Crippen LogP contribution in [-0.4, -0.2) is 35.1 Å². The van der Waals surface area contributed by atoms with E-state index in [1.54, 1.807) is 66.7 Å². The van der Waals surface area contributed by atoms with Gasteiger partial charge in [-0.2, -0.15) is 0 Å². The molecule has 1 heterocycles. The Labute approximate surface area is 206 Å². The second kappa shape index (κ2) is 10.4. The summed E-state index contributed by atoms with van der Waals surface area (Å²) in [5.41, 5.74) is 7.38. The Morgan fingerprint density at radius 3 is 2.29 bits per heavy atom. The Kier molecular flexibility index (Phi) is 7.12. The quantitative estimate of drug-likeness (QED) is 0.387. The molecule has 0 saturated carbocycles. The van der Waals surface area contributed by atoms with Crippen LogP contribution in [-0.2, 0) is 11.4 Å². The lowest BCUT2D eigenvalue weighted by atomic mass is 10.1. The van der Waals surface area contributed by atoms with Gasteiger partial charge < -0.3 is 4.74 Å². The fourth-order valence-electron chi connectivity index (χ4n) is 3.53. The molecule has 4 rings (SSSR count). The van der Waals surface area contributed by atoms with Crippen LogP contribution in [0, 0.1) is 6.92 Å². The standard InChI is InChI=1S/C26H22ClN3O5/c1-16-2-11-21-22(14-16)26(34)30(25(21)33)13-12-23(31)28-29-24(32)18-5-3-17(4-6-18)15-35-20-9-7-19(27)8-10-20/h2-11,14H,12-13,15H2,1H3,(H,28,31)(H,29,32). The van der Waals surface area contributed by atoms with E-state index in [1.807, 2.05) is 6.92 Å². The molecule has 0 unspecified atom stereocenters. The number of imide groups is 1. The van der Waals surface area contributed by atoms with Crippen LogP contribution in [0.25, 0.3) is 0 Å². The molecule has 0 bridgehead atoms. The van der Waals surface area contributed by atoms with Crippen molar-refractivity contribution in [1.82, 2.24) is 15.8 Å². The maximum atomic E-state index is 12.5. The first-order valence-corrected chi connectivity index (χ1v) is 11.2. The third-order valence-corrected chi connectivity index (χ3v) is 5.69. The zero-order valence-electron chi connectivity index (χ0n) is 18.8. The molecule has 0 aliphatic carbocycles. The lowest BCUT2D eigenvalue weighted by molar-refractivity contribution is -0.121. The van der Waals surface area contributed by atoms with Crippen molar-refractivity contribution >= 4 is 35.2 Å². The van der Waals surface area contributed by atoms with E-state index in [0.717, 1.165) is 16.0 Å². The van der Waals surface area contributed by atoms with Crippen LogP contribution in [0.1, 0.15) is 48.6 Å². The lowest BCUT2D eigenvalue weighted by Gasteiger charge is -2.14. The van der Waals surface area contributed by atoms with E-state index >= 15 is 0 Å². The Balaban J connectivity index is 1.22. The van der Waals surface area contributed by atoms with Gasteiger partial charge in [-0.25, -0.2) is 0 Å². The summed E-state index contributed by atoms with van der Waals surface area (Å²) in [7, 11) is 0. The molecule has 0 fully saturated rings. The predicted molar refractivity (Wildman–Crippen MR) is 129 cm³/mol. The lowest BCUT2D eigenvalue weighted by Crippen LogP contribution is -2.43. The summed E-state index contributed by atoms with van der Waals surface area (Å²) in [4.78, 5) is 50.5. The number of fused-ring (bicyclic) bond motifs is 1. The third kappa shape index (κ3) is 5.67. The van der Waals surface area contributed by atoms with Gasteiger partial charge in [-0.05, 0) is 61.0 Å². The highest BCUT2D eigenvalue weighted by Gasteiger charge is 2.35.